The monoisotopic (exact) mass is 506 g/mol. The summed E-state index contributed by atoms with van der Waals surface area (Å²) >= 11 is 0. The Balaban J connectivity index is 1.80. The van der Waals surface area contributed by atoms with Crippen LogP contribution in [0.5, 0.6) is 11.5 Å². The third kappa shape index (κ3) is 8.07. The lowest BCUT2D eigenvalue weighted by Crippen LogP contribution is -2.50. The number of hydrogen-bond acceptors (Lipinski definition) is 4. The minimum Gasteiger partial charge on any atom is -0.493 e. The van der Waals surface area contributed by atoms with Crippen molar-refractivity contribution in [1.29, 1.82) is 0 Å². The lowest BCUT2D eigenvalue weighted by atomic mass is 10.0. The molecule has 3 rings (SSSR count). The van der Waals surface area contributed by atoms with E-state index < -0.39 is 6.04 Å². The lowest BCUT2D eigenvalue weighted by Gasteiger charge is -2.31. The van der Waals surface area contributed by atoms with E-state index in [4.69, 9.17) is 9.47 Å². The molecule has 0 spiro atoms. The van der Waals surface area contributed by atoms with E-state index in [9.17, 15) is 14.0 Å². The van der Waals surface area contributed by atoms with Gasteiger partial charge in [-0.2, -0.15) is 0 Å². The minimum absolute atomic E-state index is 0.109. The van der Waals surface area contributed by atoms with Gasteiger partial charge >= 0.3 is 0 Å². The minimum atomic E-state index is -0.711. The molecule has 0 heterocycles. The molecular weight excluding hydrogens is 471 g/mol. The Kier molecular flexibility index (Phi) is 10.5. The third-order valence-electron chi connectivity index (χ3n) is 6.16. The fourth-order valence-corrected chi connectivity index (χ4v) is 4.18. The quantitative estimate of drug-likeness (QED) is 0.357. The van der Waals surface area contributed by atoms with E-state index in [0.29, 0.717) is 43.7 Å². The summed E-state index contributed by atoms with van der Waals surface area (Å²) in [6, 6.07) is 20.6. The zero-order chi connectivity index (χ0) is 26.6. The van der Waals surface area contributed by atoms with Gasteiger partial charge in [-0.15, -0.1) is 0 Å². The Bertz CT molecular complexity index is 1150. The average Bonchev–Trinajstić information content (AvgIpc) is 2.92. The Hall–Kier alpha value is -3.87. The van der Waals surface area contributed by atoms with Crippen molar-refractivity contribution >= 4 is 11.8 Å². The zero-order valence-corrected chi connectivity index (χ0v) is 21.7. The summed E-state index contributed by atoms with van der Waals surface area (Å²) in [6.45, 7) is 2.55. The Morgan fingerprint density at radius 2 is 1.57 bits per heavy atom. The van der Waals surface area contributed by atoms with Crippen molar-refractivity contribution in [2.24, 2.45) is 0 Å². The molecule has 0 aliphatic carbocycles. The highest BCUT2D eigenvalue weighted by molar-refractivity contribution is 5.88. The SMILES string of the molecule is CCCC(=O)N(Cc1ccc(F)cc1)[C@H](Cc1ccccc1)C(=O)NCCc1ccc(OC)c(OC)c1. The van der Waals surface area contributed by atoms with Crippen molar-refractivity contribution in [2.75, 3.05) is 20.8 Å². The molecule has 6 nitrogen and oxygen atoms in total. The predicted octanol–water partition coefficient (Wildman–Crippen LogP) is 4.94. The number of ether oxygens (including phenoxy) is 2. The molecule has 7 heteroatoms. The van der Waals surface area contributed by atoms with Crippen molar-refractivity contribution in [2.45, 2.75) is 45.2 Å². The van der Waals surface area contributed by atoms with Gasteiger partial charge in [-0.1, -0.05) is 55.5 Å². The van der Waals surface area contributed by atoms with Crippen molar-refractivity contribution in [3.05, 3.63) is 95.3 Å². The topological polar surface area (TPSA) is 67.9 Å². The van der Waals surface area contributed by atoms with Crippen LogP contribution in [0.4, 0.5) is 4.39 Å². The highest BCUT2D eigenvalue weighted by atomic mass is 19.1. The molecular formula is C30H35FN2O4. The standard InChI is InChI=1S/C30H35FN2O4/c1-4-8-29(34)33(21-24-11-14-25(31)15-12-24)26(19-22-9-6-5-7-10-22)30(35)32-18-17-23-13-16-27(36-2)28(20-23)37-3/h5-7,9-16,20,26H,4,8,17-19,21H2,1-3H3,(H,32,35)/t26-/m1/s1. The van der Waals surface area contributed by atoms with E-state index in [1.807, 2.05) is 55.5 Å². The Morgan fingerprint density at radius 1 is 0.892 bits per heavy atom. The van der Waals surface area contributed by atoms with E-state index in [0.717, 1.165) is 16.7 Å². The molecule has 196 valence electrons. The highest BCUT2D eigenvalue weighted by Crippen LogP contribution is 2.27. The molecule has 0 bridgehead atoms. The molecule has 0 unspecified atom stereocenters. The van der Waals surface area contributed by atoms with Crippen LogP contribution in [0.15, 0.2) is 72.8 Å². The van der Waals surface area contributed by atoms with Gasteiger partial charge in [0.1, 0.15) is 11.9 Å². The summed E-state index contributed by atoms with van der Waals surface area (Å²) in [5.41, 5.74) is 2.71. The van der Waals surface area contributed by atoms with Crippen LogP contribution < -0.4 is 14.8 Å². The first-order valence-corrected chi connectivity index (χ1v) is 12.5. The molecule has 0 aliphatic heterocycles. The second-order valence-corrected chi connectivity index (χ2v) is 8.83. The molecule has 3 aromatic rings. The molecule has 37 heavy (non-hydrogen) atoms. The maximum absolute atomic E-state index is 13.5. The normalized spacial score (nSPS) is 11.5. The lowest BCUT2D eigenvalue weighted by molar-refractivity contribution is -0.141. The zero-order valence-electron chi connectivity index (χ0n) is 21.7. The van der Waals surface area contributed by atoms with Gasteiger partial charge in [-0.3, -0.25) is 9.59 Å². The first-order chi connectivity index (χ1) is 17.9. The van der Waals surface area contributed by atoms with Crippen molar-refractivity contribution in [3.8, 4) is 11.5 Å². The summed E-state index contributed by atoms with van der Waals surface area (Å²) in [7, 11) is 3.17. The van der Waals surface area contributed by atoms with Crippen LogP contribution in [0.1, 0.15) is 36.5 Å². The number of halogens is 1. The molecule has 0 saturated heterocycles. The largest absolute Gasteiger partial charge is 0.493 e. The number of rotatable bonds is 13. The average molecular weight is 507 g/mol. The van der Waals surface area contributed by atoms with Crippen LogP contribution in [0.3, 0.4) is 0 Å². The Labute approximate surface area is 218 Å². The van der Waals surface area contributed by atoms with Crippen LogP contribution >= 0.6 is 0 Å². The van der Waals surface area contributed by atoms with Gasteiger partial charge in [0.05, 0.1) is 14.2 Å². The maximum Gasteiger partial charge on any atom is 0.243 e. The summed E-state index contributed by atoms with van der Waals surface area (Å²) in [5.74, 6) is 0.593. The summed E-state index contributed by atoms with van der Waals surface area (Å²) < 4.78 is 24.2. The molecule has 0 fully saturated rings. The van der Waals surface area contributed by atoms with Crippen LogP contribution in [0.2, 0.25) is 0 Å². The van der Waals surface area contributed by atoms with E-state index in [2.05, 4.69) is 5.32 Å². The molecule has 3 aromatic carbocycles. The van der Waals surface area contributed by atoms with E-state index in [1.165, 1.54) is 12.1 Å². The maximum atomic E-state index is 13.5. The molecule has 1 N–H and O–H groups in total. The third-order valence-corrected chi connectivity index (χ3v) is 6.16. The number of benzene rings is 3. The first-order valence-electron chi connectivity index (χ1n) is 12.5. The second-order valence-electron chi connectivity index (χ2n) is 8.83. The van der Waals surface area contributed by atoms with Gasteiger partial charge in [0, 0.05) is 25.9 Å². The fraction of sp³-hybridized carbons (Fsp3) is 0.333. The van der Waals surface area contributed by atoms with Gasteiger partial charge in [0.25, 0.3) is 0 Å². The van der Waals surface area contributed by atoms with Crippen molar-refractivity contribution in [3.63, 3.8) is 0 Å². The molecule has 1 atom stereocenters. The number of methoxy groups -OCH3 is 2. The van der Waals surface area contributed by atoms with Gasteiger partial charge in [0.2, 0.25) is 11.8 Å². The summed E-state index contributed by atoms with van der Waals surface area (Å²) in [5, 5.41) is 3.03. The van der Waals surface area contributed by atoms with Crippen molar-refractivity contribution in [1.82, 2.24) is 10.2 Å². The number of carbonyl (C=O) groups excluding carboxylic acids is 2. The van der Waals surface area contributed by atoms with Gasteiger partial charge in [0.15, 0.2) is 11.5 Å². The van der Waals surface area contributed by atoms with E-state index >= 15 is 0 Å². The number of amides is 2. The van der Waals surface area contributed by atoms with E-state index in [1.54, 1.807) is 31.3 Å². The fourth-order valence-electron chi connectivity index (χ4n) is 4.18. The van der Waals surface area contributed by atoms with Gasteiger partial charge in [-0.05, 0) is 53.8 Å². The number of carbonyl (C=O) groups is 2. The van der Waals surface area contributed by atoms with E-state index in [-0.39, 0.29) is 24.2 Å². The summed E-state index contributed by atoms with van der Waals surface area (Å²) in [6.07, 6.45) is 1.95. The second kappa shape index (κ2) is 14.0. The van der Waals surface area contributed by atoms with Crippen LogP contribution in [-0.2, 0) is 29.0 Å². The molecule has 0 saturated carbocycles. The molecule has 0 radical (unpaired) electrons. The smallest absolute Gasteiger partial charge is 0.243 e. The predicted molar refractivity (Wildman–Crippen MR) is 142 cm³/mol. The highest BCUT2D eigenvalue weighted by Gasteiger charge is 2.29. The summed E-state index contributed by atoms with van der Waals surface area (Å²) in [4.78, 5) is 28.4. The number of nitrogens with zero attached hydrogens (tertiary/aromatic N) is 1. The molecule has 2 amide bonds. The number of hydrogen-bond donors (Lipinski definition) is 1. The molecule has 0 aromatic heterocycles. The Morgan fingerprint density at radius 3 is 2.22 bits per heavy atom. The number of nitrogens with one attached hydrogen (secondary N) is 1. The first kappa shape index (κ1) is 27.7. The molecule has 0 aliphatic rings. The van der Waals surface area contributed by atoms with Crippen molar-refractivity contribution < 1.29 is 23.5 Å². The van der Waals surface area contributed by atoms with Crippen LogP contribution in [0, 0.1) is 5.82 Å². The van der Waals surface area contributed by atoms with Gasteiger partial charge < -0.3 is 19.7 Å². The van der Waals surface area contributed by atoms with Crippen LogP contribution in [0.25, 0.3) is 0 Å². The van der Waals surface area contributed by atoms with Crippen LogP contribution in [-0.4, -0.2) is 43.5 Å². The van der Waals surface area contributed by atoms with Gasteiger partial charge in [-0.25, -0.2) is 4.39 Å².